The minimum absolute atomic E-state index is 0.0926. The normalized spacial score (nSPS) is 11.6. The van der Waals surface area contributed by atoms with E-state index in [0.29, 0.717) is 29.9 Å². The van der Waals surface area contributed by atoms with Gasteiger partial charge in [0.15, 0.2) is 11.0 Å². The van der Waals surface area contributed by atoms with Crippen LogP contribution in [-0.2, 0) is 4.79 Å². The monoisotopic (exact) mass is 438 g/mol. The zero-order valence-electron chi connectivity index (χ0n) is 17.9. The fraction of sp³-hybridized carbons (Fsp3) is 0.261. The summed E-state index contributed by atoms with van der Waals surface area (Å²) in [7, 11) is 1.62. The van der Waals surface area contributed by atoms with E-state index >= 15 is 0 Å². The molecule has 0 bridgehead atoms. The molecule has 1 aromatic heterocycles. The number of aromatic nitrogens is 3. The number of carbonyl (C=O) groups excluding carboxylic acids is 1. The molecule has 8 heteroatoms. The first-order valence-electron chi connectivity index (χ1n) is 9.96. The van der Waals surface area contributed by atoms with Crippen molar-refractivity contribution in [3.8, 4) is 28.6 Å². The van der Waals surface area contributed by atoms with E-state index in [4.69, 9.17) is 9.47 Å². The molecule has 1 N–H and O–H groups in total. The summed E-state index contributed by atoms with van der Waals surface area (Å²) in [5.41, 5.74) is 1.66. The summed E-state index contributed by atoms with van der Waals surface area (Å²) in [6.45, 7) is 8.43. The van der Waals surface area contributed by atoms with Crippen molar-refractivity contribution in [2.24, 2.45) is 0 Å². The molecule has 31 heavy (non-hydrogen) atoms. The third-order valence-corrected chi connectivity index (χ3v) is 5.50. The number of carbonyl (C=O) groups is 1. The number of methoxy groups -OCH3 is 1. The van der Waals surface area contributed by atoms with Crippen molar-refractivity contribution in [3.63, 3.8) is 0 Å². The second-order valence-electron chi connectivity index (χ2n) is 6.56. The Morgan fingerprint density at radius 2 is 1.97 bits per heavy atom. The number of hydrogen-bond donors (Lipinski definition) is 1. The lowest BCUT2D eigenvalue weighted by Crippen LogP contribution is -2.31. The molecular weight excluding hydrogens is 412 g/mol. The van der Waals surface area contributed by atoms with Crippen LogP contribution in [0, 0.1) is 0 Å². The Morgan fingerprint density at radius 3 is 2.65 bits per heavy atom. The van der Waals surface area contributed by atoms with Crippen LogP contribution in [0.4, 0.5) is 0 Å². The van der Waals surface area contributed by atoms with Crippen molar-refractivity contribution in [1.29, 1.82) is 0 Å². The molecule has 0 aliphatic carbocycles. The van der Waals surface area contributed by atoms with E-state index in [-0.39, 0.29) is 11.2 Å². The van der Waals surface area contributed by atoms with Crippen LogP contribution in [0.2, 0.25) is 0 Å². The standard InChI is InChI=1S/C23H26N4O3S/c1-5-15-24-22(28)16(3)31-23-26-25-21(19-9-7-8-10-20(19)29-4)27(23)17-11-13-18(14-12-17)30-6-2/h5,7-14,16H,1,6,15H2,2-4H3,(H,24,28)/t16-/m1/s1. The highest BCUT2D eigenvalue weighted by Gasteiger charge is 2.23. The highest BCUT2D eigenvalue weighted by atomic mass is 32.2. The first-order chi connectivity index (χ1) is 15.1. The van der Waals surface area contributed by atoms with E-state index in [1.165, 1.54) is 11.8 Å². The Labute approximate surface area is 186 Å². The third-order valence-electron chi connectivity index (χ3n) is 4.46. The minimum Gasteiger partial charge on any atom is -0.496 e. The lowest BCUT2D eigenvalue weighted by Gasteiger charge is -2.15. The lowest BCUT2D eigenvalue weighted by molar-refractivity contribution is -0.120. The molecule has 0 radical (unpaired) electrons. The number of rotatable bonds is 10. The molecule has 1 amide bonds. The number of thioether (sulfide) groups is 1. The lowest BCUT2D eigenvalue weighted by atomic mass is 10.2. The van der Waals surface area contributed by atoms with Crippen molar-refractivity contribution >= 4 is 17.7 Å². The maximum absolute atomic E-state index is 12.4. The van der Waals surface area contributed by atoms with Gasteiger partial charge in [0.25, 0.3) is 0 Å². The zero-order chi connectivity index (χ0) is 22.2. The Balaban J connectivity index is 2.04. The number of hydrogen-bond acceptors (Lipinski definition) is 6. The van der Waals surface area contributed by atoms with E-state index in [1.807, 2.05) is 66.9 Å². The molecule has 0 aliphatic rings. The van der Waals surface area contributed by atoms with Gasteiger partial charge in [-0.25, -0.2) is 0 Å². The molecule has 1 heterocycles. The minimum atomic E-state index is -0.365. The fourth-order valence-corrected chi connectivity index (χ4v) is 3.86. The molecule has 0 aliphatic heterocycles. The van der Waals surface area contributed by atoms with Crippen LogP contribution in [0.3, 0.4) is 0 Å². The van der Waals surface area contributed by atoms with Crippen molar-refractivity contribution < 1.29 is 14.3 Å². The molecule has 0 spiro atoms. The number of ether oxygens (including phenoxy) is 2. The highest BCUT2D eigenvalue weighted by Crippen LogP contribution is 2.34. The van der Waals surface area contributed by atoms with Gasteiger partial charge in [-0.3, -0.25) is 9.36 Å². The number of nitrogens with one attached hydrogen (secondary N) is 1. The SMILES string of the molecule is C=CCNC(=O)[C@@H](C)Sc1nnc(-c2ccccc2OC)n1-c1ccc(OCC)cc1. The maximum atomic E-state index is 12.4. The molecule has 3 aromatic rings. The molecule has 2 aromatic carbocycles. The van der Waals surface area contributed by atoms with Gasteiger partial charge in [-0.1, -0.05) is 30.0 Å². The summed E-state index contributed by atoms with van der Waals surface area (Å²) in [6.07, 6.45) is 1.65. The third kappa shape index (κ3) is 5.27. The first-order valence-corrected chi connectivity index (χ1v) is 10.8. The van der Waals surface area contributed by atoms with Gasteiger partial charge in [0.05, 0.1) is 30.2 Å². The Bertz CT molecular complexity index is 1030. The van der Waals surface area contributed by atoms with Crippen molar-refractivity contribution in [3.05, 3.63) is 61.2 Å². The van der Waals surface area contributed by atoms with Gasteiger partial charge in [0.2, 0.25) is 5.91 Å². The molecule has 3 rings (SSSR count). The number of nitrogens with zero attached hydrogens (tertiary/aromatic N) is 3. The first kappa shape index (κ1) is 22.4. The second kappa shape index (κ2) is 10.7. The number of amides is 1. The molecule has 162 valence electrons. The largest absolute Gasteiger partial charge is 0.496 e. The summed E-state index contributed by atoms with van der Waals surface area (Å²) in [5, 5.41) is 11.9. The Kier molecular flexibility index (Phi) is 7.72. The average molecular weight is 439 g/mol. The van der Waals surface area contributed by atoms with Crippen LogP contribution in [0.25, 0.3) is 17.1 Å². The van der Waals surface area contributed by atoms with Gasteiger partial charge >= 0.3 is 0 Å². The molecule has 0 unspecified atom stereocenters. The van der Waals surface area contributed by atoms with Crippen LogP contribution in [0.15, 0.2) is 66.3 Å². The van der Waals surface area contributed by atoms with Gasteiger partial charge in [-0.05, 0) is 50.2 Å². The Hall–Kier alpha value is -3.26. The summed E-state index contributed by atoms with van der Waals surface area (Å²) in [6, 6.07) is 15.3. The molecule has 0 fully saturated rings. The second-order valence-corrected chi connectivity index (χ2v) is 7.87. The molecule has 0 saturated heterocycles. The van der Waals surface area contributed by atoms with E-state index in [2.05, 4.69) is 22.1 Å². The summed E-state index contributed by atoms with van der Waals surface area (Å²) in [4.78, 5) is 12.4. The fourth-order valence-electron chi connectivity index (χ4n) is 2.97. The van der Waals surface area contributed by atoms with Crippen LogP contribution in [0.5, 0.6) is 11.5 Å². The Morgan fingerprint density at radius 1 is 1.23 bits per heavy atom. The van der Waals surface area contributed by atoms with E-state index in [0.717, 1.165) is 17.0 Å². The van der Waals surface area contributed by atoms with Crippen LogP contribution in [0.1, 0.15) is 13.8 Å². The van der Waals surface area contributed by atoms with Gasteiger partial charge in [0, 0.05) is 6.54 Å². The predicted octanol–water partition coefficient (Wildman–Crippen LogP) is 4.12. The van der Waals surface area contributed by atoms with Crippen LogP contribution in [-0.4, -0.2) is 46.2 Å². The van der Waals surface area contributed by atoms with Gasteiger partial charge in [-0.15, -0.1) is 16.8 Å². The highest BCUT2D eigenvalue weighted by molar-refractivity contribution is 8.00. The van der Waals surface area contributed by atoms with E-state index in [9.17, 15) is 4.79 Å². The van der Waals surface area contributed by atoms with E-state index in [1.54, 1.807) is 13.2 Å². The van der Waals surface area contributed by atoms with Crippen LogP contribution >= 0.6 is 11.8 Å². The topological polar surface area (TPSA) is 78.3 Å². The molecule has 1 atom stereocenters. The van der Waals surface area contributed by atoms with Gasteiger partial charge in [0.1, 0.15) is 11.5 Å². The zero-order valence-corrected chi connectivity index (χ0v) is 18.7. The van der Waals surface area contributed by atoms with Gasteiger partial charge in [-0.2, -0.15) is 0 Å². The average Bonchev–Trinajstić information content (AvgIpc) is 3.21. The number of benzene rings is 2. The molecule has 7 nitrogen and oxygen atoms in total. The maximum Gasteiger partial charge on any atom is 0.233 e. The molecular formula is C23H26N4O3S. The predicted molar refractivity (Wildman–Crippen MR) is 123 cm³/mol. The van der Waals surface area contributed by atoms with Crippen molar-refractivity contribution in [2.75, 3.05) is 20.3 Å². The molecule has 0 saturated carbocycles. The summed E-state index contributed by atoms with van der Waals surface area (Å²) < 4.78 is 13.0. The van der Waals surface area contributed by atoms with Crippen molar-refractivity contribution in [2.45, 2.75) is 24.3 Å². The van der Waals surface area contributed by atoms with Gasteiger partial charge < -0.3 is 14.8 Å². The van der Waals surface area contributed by atoms with E-state index < -0.39 is 0 Å². The smallest absolute Gasteiger partial charge is 0.233 e. The number of para-hydroxylation sites is 1. The van der Waals surface area contributed by atoms with Crippen LogP contribution < -0.4 is 14.8 Å². The summed E-state index contributed by atoms with van der Waals surface area (Å²) in [5.74, 6) is 2.01. The van der Waals surface area contributed by atoms with Crippen molar-refractivity contribution in [1.82, 2.24) is 20.1 Å². The quantitative estimate of drug-likeness (QED) is 0.379. The summed E-state index contributed by atoms with van der Waals surface area (Å²) >= 11 is 1.34.